The molecule has 96 valence electrons. The summed E-state index contributed by atoms with van der Waals surface area (Å²) in [6.07, 6.45) is 0.659. The molecule has 0 aromatic heterocycles. The summed E-state index contributed by atoms with van der Waals surface area (Å²) < 4.78 is 5.70. The number of nitrogens with zero attached hydrogens (tertiary/aromatic N) is 1. The Morgan fingerprint density at radius 1 is 1.00 bits per heavy atom. The van der Waals surface area contributed by atoms with E-state index in [2.05, 4.69) is 0 Å². The number of benzene rings is 2. The number of anilines is 1. The van der Waals surface area contributed by atoms with Crippen molar-refractivity contribution in [3.05, 3.63) is 60.2 Å². The Hall–Kier alpha value is -2.29. The lowest BCUT2D eigenvalue weighted by Gasteiger charge is -2.30. The first-order valence-electron chi connectivity index (χ1n) is 6.40. The number of hydrogen-bond donors (Lipinski definition) is 0. The van der Waals surface area contributed by atoms with Gasteiger partial charge in [0.05, 0.1) is 0 Å². The van der Waals surface area contributed by atoms with Crippen molar-refractivity contribution in [2.45, 2.75) is 13.0 Å². The van der Waals surface area contributed by atoms with Crippen molar-refractivity contribution < 1.29 is 9.53 Å². The average Bonchev–Trinajstić information content (AvgIpc) is 2.46. The second kappa shape index (κ2) is 5.14. The zero-order valence-electron chi connectivity index (χ0n) is 10.6. The van der Waals surface area contributed by atoms with Gasteiger partial charge < -0.3 is 9.64 Å². The van der Waals surface area contributed by atoms with Gasteiger partial charge in [-0.1, -0.05) is 30.3 Å². The first kappa shape index (κ1) is 11.8. The lowest BCUT2D eigenvalue weighted by Crippen LogP contribution is -2.43. The second-order valence-electron chi connectivity index (χ2n) is 4.56. The average molecular weight is 253 g/mol. The Kier molecular flexibility index (Phi) is 3.19. The predicted octanol–water partition coefficient (Wildman–Crippen LogP) is 3.00. The monoisotopic (exact) mass is 253 g/mol. The molecule has 0 spiro atoms. The molecule has 19 heavy (non-hydrogen) atoms. The molecule has 0 radical (unpaired) electrons. The van der Waals surface area contributed by atoms with Crippen LogP contribution in [0, 0.1) is 0 Å². The molecule has 3 rings (SSSR count). The van der Waals surface area contributed by atoms with Crippen LogP contribution in [0.2, 0.25) is 0 Å². The first-order chi connectivity index (χ1) is 9.33. The van der Waals surface area contributed by atoms with Crippen molar-refractivity contribution in [2.75, 3.05) is 11.4 Å². The van der Waals surface area contributed by atoms with E-state index < -0.39 is 0 Å². The summed E-state index contributed by atoms with van der Waals surface area (Å²) in [7, 11) is 0. The number of ether oxygens (including phenoxy) is 1. The van der Waals surface area contributed by atoms with Crippen LogP contribution in [0.5, 0.6) is 5.75 Å². The summed E-state index contributed by atoms with van der Waals surface area (Å²) in [5, 5.41) is 0. The molecule has 1 aliphatic rings. The molecule has 0 N–H and O–H groups in total. The van der Waals surface area contributed by atoms with Gasteiger partial charge in [0.15, 0.2) is 0 Å². The van der Waals surface area contributed by atoms with E-state index in [-0.39, 0.29) is 5.91 Å². The molecule has 0 aliphatic carbocycles. The Balaban J connectivity index is 1.61. The summed E-state index contributed by atoms with van der Waals surface area (Å²) in [6, 6.07) is 17.7. The van der Waals surface area contributed by atoms with E-state index >= 15 is 0 Å². The highest BCUT2D eigenvalue weighted by molar-refractivity contribution is 5.99. The van der Waals surface area contributed by atoms with E-state index in [0.29, 0.717) is 13.0 Å². The number of β-lactam (4-membered cyclic amide) rings is 1. The molecule has 2 aromatic carbocycles. The topological polar surface area (TPSA) is 29.5 Å². The quantitative estimate of drug-likeness (QED) is 0.784. The predicted molar refractivity (Wildman–Crippen MR) is 74.2 cm³/mol. The third-order valence-electron chi connectivity index (χ3n) is 3.25. The molecule has 0 unspecified atom stereocenters. The van der Waals surface area contributed by atoms with E-state index in [9.17, 15) is 4.79 Å². The summed E-state index contributed by atoms with van der Waals surface area (Å²) in [6.45, 7) is 1.38. The molecule has 2 aromatic rings. The van der Waals surface area contributed by atoms with Crippen LogP contribution in [-0.2, 0) is 11.4 Å². The Bertz CT molecular complexity index is 563. The fraction of sp³-hybridized carbons (Fsp3) is 0.188. The van der Waals surface area contributed by atoms with Gasteiger partial charge in [0.2, 0.25) is 5.91 Å². The van der Waals surface area contributed by atoms with Crippen molar-refractivity contribution >= 4 is 11.6 Å². The molecular weight excluding hydrogens is 238 g/mol. The number of carbonyl (C=O) groups is 1. The summed E-state index contributed by atoms with van der Waals surface area (Å²) >= 11 is 0. The highest BCUT2D eigenvalue weighted by Crippen LogP contribution is 2.24. The van der Waals surface area contributed by atoms with Crippen LogP contribution in [0.3, 0.4) is 0 Å². The molecule has 1 fully saturated rings. The second-order valence-corrected chi connectivity index (χ2v) is 4.56. The van der Waals surface area contributed by atoms with E-state index in [1.165, 1.54) is 0 Å². The normalized spacial score (nSPS) is 14.1. The maximum atomic E-state index is 11.3. The molecule has 0 saturated carbocycles. The largest absolute Gasteiger partial charge is 0.489 e. The minimum absolute atomic E-state index is 0.193. The SMILES string of the molecule is O=C1CCN1c1ccc(OCc2ccccc2)cc1. The minimum atomic E-state index is 0.193. The van der Waals surface area contributed by atoms with Crippen molar-refractivity contribution in [1.29, 1.82) is 0 Å². The lowest BCUT2D eigenvalue weighted by atomic mass is 10.1. The highest BCUT2D eigenvalue weighted by atomic mass is 16.5. The van der Waals surface area contributed by atoms with Crippen LogP contribution in [0.15, 0.2) is 54.6 Å². The molecule has 3 nitrogen and oxygen atoms in total. The smallest absolute Gasteiger partial charge is 0.228 e. The van der Waals surface area contributed by atoms with E-state index in [1.807, 2.05) is 54.6 Å². The van der Waals surface area contributed by atoms with Crippen molar-refractivity contribution in [1.82, 2.24) is 0 Å². The Morgan fingerprint density at radius 3 is 2.32 bits per heavy atom. The maximum absolute atomic E-state index is 11.3. The van der Waals surface area contributed by atoms with Gasteiger partial charge in [0, 0.05) is 18.7 Å². The third-order valence-corrected chi connectivity index (χ3v) is 3.25. The summed E-state index contributed by atoms with van der Waals surface area (Å²) in [5.41, 5.74) is 2.09. The molecule has 3 heteroatoms. The van der Waals surface area contributed by atoms with Crippen LogP contribution in [-0.4, -0.2) is 12.5 Å². The summed E-state index contributed by atoms with van der Waals surface area (Å²) in [5.74, 6) is 1.01. The van der Waals surface area contributed by atoms with Crippen LogP contribution >= 0.6 is 0 Å². The van der Waals surface area contributed by atoms with Gasteiger partial charge >= 0.3 is 0 Å². The van der Waals surface area contributed by atoms with Crippen LogP contribution in [0.4, 0.5) is 5.69 Å². The van der Waals surface area contributed by atoms with Crippen LogP contribution < -0.4 is 9.64 Å². The summed E-state index contributed by atoms with van der Waals surface area (Å²) in [4.78, 5) is 13.1. The van der Waals surface area contributed by atoms with Crippen molar-refractivity contribution in [3.8, 4) is 5.75 Å². The van der Waals surface area contributed by atoms with Gasteiger partial charge in [-0.05, 0) is 29.8 Å². The number of carbonyl (C=O) groups excluding carboxylic acids is 1. The van der Waals surface area contributed by atoms with E-state index in [0.717, 1.165) is 23.5 Å². The standard InChI is InChI=1S/C16H15NO2/c18-16-10-11-17(16)14-6-8-15(9-7-14)19-12-13-4-2-1-3-5-13/h1-9H,10-12H2. The molecule has 1 heterocycles. The zero-order chi connectivity index (χ0) is 13.1. The molecule has 0 bridgehead atoms. The maximum Gasteiger partial charge on any atom is 0.228 e. The molecule has 1 saturated heterocycles. The molecule has 1 amide bonds. The fourth-order valence-electron chi connectivity index (χ4n) is 2.05. The van der Waals surface area contributed by atoms with E-state index in [4.69, 9.17) is 4.74 Å². The van der Waals surface area contributed by atoms with Crippen molar-refractivity contribution in [2.24, 2.45) is 0 Å². The number of rotatable bonds is 4. The van der Waals surface area contributed by atoms with E-state index in [1.54, 1.807) is 4.90 Å². The number of hydrogen-bond acceptors (Lipinski definition) is 2. The van der Waals surface area contributed by atoms with Crippen LogP contribution in [0.25, 0.3) is 0 Å². The fourth-order valence-corrected chi connectivity index (χ4v) is 2.05. The van der Waals surface area contributed by atoms with Gasteiger partial charge in [0.25, 0.3) is 0 Å². The van der Waals surface area contributed by atoms with Crippen molar-refractivity contribution in [3.63, 3.8) is 0 Å². The van der Waals surface area contributed by atoms with Gasteiger partial charge in [0.1, 0.15) is 12.4 Å². The Morgan fingerprint density at radius 2 is 1.74 bits per heavy atom. The molecule has 1 aliphatic heterocycles. The lowest BCUT2D eigenvalue weighted by molar-refractivity contribution is -0.122. The molecule has 0 atom stereocenters. The van der Waals surface area contributed by atoms with Gasteiger partial charge in [-0.15, -0.1) is 0 Å². The third kappa shape index (κ3) is 2.60. The van der Waals surface area contributed by atoms with Gasteiger partial charge in [-0.2, -0.15) is 0 Å². The Labute approximate surface area is 112 Å². The van der Waals surface area contributed by atoms with Crippen LogP contribution in [0.1, 0.15) is 12.0 Å². The first-order valence-corrected chi connectivity index (χ1v) is 6.40. The molecular formula is C16H15NO2. The highest BCUT2D eigenvalue weighted by Gasteiger charge is 2.24. The van der Waals surface area contributed by atoms with Gasteiger partial charge in [-0.25, -0.2) is 0 Å². The minimum Gasteiger partial charge on any atom is -0.489 e. The number of amides is 1. The zero-order valence-corrected chi connectivity index (χ0v) is 10.6. The van der Waals surface area contributed by atoms with Gasteiger partial charge in [-0.3, -0.25) is 4.79 Å².